The van der Waals surface area contributed by atoms with Gasteiger partial charge in [0.2, 0.25) is 10.0 Å². The van der Waals surface area contributed by atoms with Gasteiger partial charge in [-0.2, -0.15) is 0 Å². The summed E-state index contributed by atoms with van der Waals surface area (Å²) in [5.41, 5.74) is 0.300. The summed E-state index contributed by atoms with van der Waals surface area (Å²) in [7, 11) is -2.10. The molecule has 1 aromatic rings. The van der Waals surface area contributed by atoms with Gasteiger partial charge in [-0.15, -0.1) is 6.58 Å². The molecule has 6 heteroatoms. The topological polar surface area (TPSA) is 75.3 Å². The van der Waals surface area contributed by atoms with E-state index >= 15 is 0 Å². The van der Waals surface area contributed by atoms with Crippen LogP contribution in [0.5, 0.6) is 0 Å². The molecule has 0 saturated carbocycles. The van der Waals surface area contributed by atoms with Crippen LogP contribution in [0.1, 0.15) is 10.4 Å². The summed E-state index contributed by atoms with van der Waals surface area (Å²) < 4.78 is 25.9. The standard InChI is InChI=1S/C11H14N2O3S/c1-3-7-13-17(15,16)10-6-4-5-9(8-10)11(14)12-2/h3-6,8,13H,1,7H2,2H3,(H,12,14). The zero-order valence-corrected chi connectivity index (χ0v) is 10.3. The van der Waals surface area contributed by atoms with E-state index in [9.17, 15) is 13.2 Å². The Balaban J connectivity index is 3.07. The zero-order chi connectivity index (χ0) is 12.9. The summed E-state index contributed by atoms with van der Waals surface area (Å²) in [4.78, 5) is 11.4. The molecule has 0 spiro atoms. The quantitative estimate of drug-likeness (QED) is 0.752. The van der Waals surface area contributed by atoms with Crippen LogP contribution in [-0.2, 0) is 10.0 Å². The monoisotopic (exact) mass is 254 g/mol. The minimum absolute atomic E-state index is 0.0560. The first-order chi connectivity index (χ1) is 8.01. The molecule has 0 unspecified atom stereocenters. The highest BCUT2D eigenvalue weighted by Crippen LogP contribution is 2.11. The van der Waals surface area contributed by atoms with Crippen molar-refractivity contribution in [3.05, 3.63) is 42.5 Å². The van der Waals surface area contributed by atoms with Crippen LogP contribution < -0.4 is 10.0 Å². The number of carbonyl (C=O) groups excluding carboxylic acids is 1. The summed E-state index contributed by atoms with van der Waals surface area (Å²) in [5.74, 6) is -0.328. The molecule has 0 bridgehead atoms. The highest BCUT2D eigenvalue weighted by molar-refractivity contribution is 7.89. The van der Waals surface area contributed by atoms with Gasteiger partial charge in [0.25, 0.3) is 5.91 Å². The molecule has 2 N–H and O–H groups in total. The van der Waals surface area contributed by atoms with Crippen molar-refractivity contribution in [1.29, 1.82) is 0 Å². The number of benzene rings is 1. The molecule has 92 valence electrons. The van der Waals surface area contributed by atoms with Crippen molar-refractivity contribution in [1.82, 2.24) is 10.0 Å². The van der Waals surface area contributed by atoms with Crippen molar-refractivity contribution >= 4 is 15.9 Å². The lowest BCUT2D eigenvalue weighted by atomic mass is 10.2. The van der Waals surface area contributed by atoms with Crippen molar-refractivity contribution in [3.63, 3.8) is 0 Å². The Kier molecular flexibility index (Phi) is 4.42. The van der Waals surface area contributed by atoms with E-state index in [-0.39, 0.29) is 17.3 Å². The van der Waals surface area contributed by atoms with Crippen LogP contribution >= 0.6 is 0 Å². The minimum Gasteiger partial charge on any atom is -0.355 e. The fourth-order valence-corrected chi connectivity index (χ4v) is 2.24. The van der Waals surface area contributed by atoms with Crippen molar-refractivity contribution in [2.24, 2.45) is 0 Å². The van der Waals surface area contributed by atoms with E-state index in [0.29, 0.717) is 5.56 Å². The lowest BCUT2D eigenvalue weighted by Gasteiger charge is -2.06. The highest BCUT2D eigenvalue weighted by atomic mass is 32.2. The van der Waals surface area contributed by atoms with E-state index in [4.69, 9.17) is 0 Å². The van der Waals surface area contributed by atoms with Crippen LogP contribution in [0.2, 0.25) is 0 Å². The lowest BCUT2D eigenvalue weighted by molar-refractivity contribution is 0.0963. The second-order valence-electron chi connectivity index (χ2n) is 3.25. The molecular weight excluding hydrogens is 240 g/mol. The molecule has 1 aromatic carbocycles. The SMILES string of the molecule is C=CCNS(=O)(=O)c1cccc(C(=O)NC)c1. The molecule has 0 aliphatic carbocycles. The number of rotatable bonds is 5. The number of hydrogen-bond donors (Lipinski definition) is 2. The van der Waals surface area contributed by atoms with Crippen molar-refractivity contribution < 1.29 is 13.2 Å². The molecule has 0 saturated heterocycles. The maximum atomic E-state index is 11.8. The Hall–Kier alpha value is -1.66. The summed E-state index contributed by atoms with van der Waals surface area (Å²) in [6.07, 6.45) is 1.44. The third kappa shape index (κ3) is 3.40. The number of hydrogen-bond acceptors (Lipinski definition) is 3. The van der Waals surface area contributed by atoms with E-state index in [1.807, 2.05) is 0 Å². The van der Waals surface area contributed by atoms with Crippen LogP contribution in [0.25, 0.3) is 0 Å². The van der Waals surface area contributed by atoms with E-state index in [1.54, 1.807) is 6.07 Å². The van der Waals surface area contributed by atoms with E-state index in [1.165, 1.54) is 31.3 Å². The van der Waals surface area contributed by atoms with Crippen LogP contribution in [-0.4, -0.2) is 27.9 Å². The molecular formula is C11H14N2O3S. The van der Waals surface area contributed by atoms with Crippen molar-refractivity contribution in [2.45, 2.75) is 4.90 Å². The predicted octanol–water partition coefficient (Wildman–Crippen LogP) is 0.510. The second-order valence-corrected chi connectivity index (χ2v) is 5.01. The van der Waals surface area contributed by atoms with E-state index in [2.05, 4.69) is 16.6 Å². The first-order valence-corrected chi connectivity index (χ1v) is 6.42. The Morgan fingerprint density at radius 2 is 2.18 bits per heavy atom. The highest BCUT2D eigenvalue weighted by Gasteiger charge is 2.14. The normalized spacial score (nSPS) is 10.9. The van der Waals surface area contributed by atoms with Gasteiger partial charge in [-0.05, 0) is 18.2 Å². The van der Waals surface area contributed by atoms with Gasteiger partial charge in [0, 0.05) is 19.2 Å². The molecule has 0 aliphatic heterocycles. The molecule has 0 aromatic heterocycles. The third-order valence-corrected chi connectivity index (χ3v) is 3.47. The average Bonchev–Trinajstić information content (AvgIpc) is 2.35. The summed E-state index contributed by atoms with van der Waals surface area (Å²) >= 11 is 0. The van der Waals surface area contributed by atoms with Crippen LogP contribution in [0, 0.1) is 0 Å². The smallest absolute Gasteiger partial charge is 0.251 e. The van der Waals surface area contributed by atoms with Gasteiger partial charge in [0.1, 0.15) is 0 Å². The van der Waals surface area contributed by atoms with Gasteiger partial charge in [0.05, 0.1) is 4.90 Å². The molecule has 0 aliphatic rings. The number of sulfonamides is 1. The molecule has 5 nitrogen and oxygen atoms in total. The predicted molar refractivity (Wildman–Crippen MR) is 65.2 cm³/mol. The molecule has 17 heavy (non-hydrogen) atoms. The summed E-state index contributed by atoms with van der Waals surface area (Å²) in [6, 6.07) is 5.82. The lowest BCUT2D eigenvalue weighted by Crippen LogP contribution is -2.24. The minimum atomic E-state index is -3.59. The average molecular weight is 254 g/mol. The van der Waals surface area contributed by atoms with Gasteiger partial charge in [-0.1, -0.05) is 12.1 Å². The second kappa shape index (κ2) is 5.60. The van der Waals surface area contributed by atoms with E-state index < -0.39 is 10.0 Å². The Bertz CT molecular complexity index is 523. The molecule has 0 heterocycles. The number of nitrogens with one attached hydrogen (secondary N) is 2. The van der Waals surface area contributed by atoms with E-state index in [0.717, 1.165) is 0 Å². The largest absolute Gasteiger partial charge is 0.355 e. The maximum absolute atomic E-state index is 11.8. The van der Waals surface area contributed by atoms with Gasteiger partial charge in [0.15, 0.2) is 0 Å². The van der Waals surface area contributed by atoms with Crippen molar-refractivity contribution in [2.75, 3.05) is 13.6 Å². The maximum Gasteiger partial charge on any atom is 0.251 e. The fourth-order valence-electron chi connectivity index (χ4n) is 1.20. The zero-order valence-electron chi connectivity index (χ0n) is 9.43. The molecule has 1 rings (SSSR count). The van der Waals surface area contributed by atoms with Gasteiger partial charge < -0.3 is 5.32 Å². The first-order valence-electron chi connectivity index (χ1n) is 4.94. The molecule has 0 fully saturated rings. The first kappa shape index (κ1) is 13.4. The molecule has 0 radical (unpaired) electrons. The molecule has 0 atom stereocenters. The molecule has 1 amide bonds. The Morgan fingerprint density at radius 1 is 1.47 bits per heavy atom. The summed E-state index contributed by atoms with van der Waals surface area (Å²) in [5, 5.41) is 2.43. The summed E-state index contributed by atoms with van der Waals surface area (Å²) in [6.45, 7) is 3.57. The number of carbonyl (C=O) groups is 1. The van der Waals surface area contributed by atoms with Crippen molar-refractivity contribution in [3.8, 4) is 0 Å². The Labute approximate surface area is 101 Å². The Morgan fingerprint density at radius 3 is 2.76 bits per heavy atom. The van der Waals surface area contributed by atoms with Crippen LogP contribution in [0.4, 0.5) is 0 Å². The van der Waals surface area contributed by atoms with Gasteiger partial charge in [-0.25, -0.2) is 13.1 Å². The third-order valence-electron chi connectivity index (χ3n) is 2.05. The number of amides is 1. The van der Waals surface area contributed by atoms with Crippen LogP contribution in [0.15, 0.2) is 41.8 Å². The van der Waals surface area contributed by atoms with Crippen LogP contribution in [0.3, 0.4) is 0 Å². The van der Waals surface area contributed by atoms with Gasteiger partial charge >= 0.3 is 0 Å². The fraction of sp³-hybridized carbons (Fsp3) is 0.182. The van der Waals surface area contributed by atoms with Gasteiger partial charge in [-0.3, -0.25) is 4.79 Å².